The van der Waals surface area contributed by atoms with Gasteiger partial charge in [0.2, 0.25) is 0 Å². The molecule has 2 heterocycles. The van der Waals surface area contributed by atoms with Crippen LogP contribution in [0.3, 0.4) is 0 Å². The van der Waals surface area contributed by atoms with Gasteiger partial charge in [0.15, 0.2) is 0 Å². The normalized spacial score (nSPS) is 11.6. The Morgan fingerprint density at radius 2 is 2.17 bits per heavy atom. The Hall–Kier alpha value is -2.33. The van der Waals surface area contributed by atoms with Crippen LogP contribution in [-0.2, 0) is 5.41 Å². The van der Waals surface area contributed by atoms with Crippen molar-refractivity contribution < 1.29 is 4.79 Å². The standard InChI is InChI=1S/C18H18ClN3O/c1-18(2,11-22-17(23)12-4-3-7-20-9-12)15-10-21-16-6-5-13(19)8-14(15)16/h3-10,21H,11H2,1-2H3,(H,22,23). The summed E-state index contributed by atoms with van der Waals surface area (Å²) in [6.45, 7) is 4.71. The highest BCUT2D eigenvalue weighted by Crippen LogP contribution is 2.31. The zero-order valence-corrected chi connectivity index (χ0v) is 13.8. The highest BCUT2D eigenvalue weighted by atomic mass is 35.5. The molecule has 23 heavy (non-hydrogen) atoms. The van der Waals surface area contributed by atoms with Crippen molar-refractivity contribution in [3.63, 3.8) is 0 Å². The number of rotatable bonds is 4. The number of pyridine rings is 1. The fourth-order valence-electron chi connectivity index (χ4n) is 2.65. The van der Waals surface area contributed by atoms with Crippen molar-refractivity contribution in [1.82, 2.24) is 15.3 Å². The first kappa shape index (κ1) is 15.6. The second-order valence-electron chi connectivity index (χ2n) is 6.20. The number of fused-ring (bicyclic) bond motifs is 1. The van der Waals surface area contributed by atoms with Gasteiger partial charge < -0.3 is 10.3 Å². The van der Waals surface area contributed by atoms with Crippen LogP contribution >= 0.6 is 11.6 Å². The number of halogens is 1. The fraction of sp³-hybridized carbons (Fsp3) is 0.222. The average molecular weight is 328 g/mol. The van der Waals surface area contributed by atoms with Crippen LogP contribution in [0.5, 0.6) is 0 Å². The molecule has 4 nitrogen and oxygen atoms in total. The molecule has 0 bridgehead atoms. The van der Waals surface area contributed by atoms with Gasteiger partial charge in [-0.25, -0.2) is 0 Å². The van der Waals surface area contributed by atoms with Crippen molar-refractivity contribution in [1.29, 1.82) is 0 Å². The second-order valence-corrected chi connectivity index (χ2v) is 6.64. The highest BCUT2D eigenvalue weighted by Gasteiger charge is 2.25. The first-order valence-corrected chi connectivity index (χ1v) is 7.80. The van der Waals surface area contributed by atoms with Crippen molar-refractivity contribution in [2.45, 2.75) is 19.3 Å². The van der Waals surface area contributed by atoms with Crippen molar-refractivity contribution in [3.05, 3.63) is 65.1 Å². The summed E-state index contributed by atoms with van der Waals surface area (Å²) in [5.74, 6) is -0.121. The molecule has 118 valence electrons. The van der Waals surface area contributed by atoms with E-state index in [0.29, 0.717) is 17.1 Å². The van der Waals surface area contributed by atoms with Gasteiger partial charge in [0, 0.05) is 46.5 Å². The Kier molecular flexibility index (Phi) is 4.09. The molecule has 2 N–H and O–H groups in total. The van der Waals surface area contributed by atoms with Crippen LogP contribution in [0, 0.1) is 0 Å². The third kappa shape index (κ3) is 3.22. The third-order valence-electron chi connectivity index (χ3n) is 3.99. The second kappa shape index (κ2) is 6.05. The lowest BCUT2D eigenvalue weighted by Crippen LogP contribution is -2.36. The molecule has 0 unspecified atom stereocenters. The van der Waals surface area contributed by atoms with Crippen molar-refractivity contribution in [2.24, 2.45) is 0 Å². The zero-order valence-electron chi connectivity index (χ0n) is 13.1. The number of aromatic nitrogens is 2. The molecule has 0 aliphatic heterocycles. The number of carbonyl (C=O) groups is 1. The van der Waals surface area contributed by atoms with Crippen LogP contribution in [0.1, 0.15) is 29.8 Å². The molecule has 0 saturated heterocycles. The van der Waals surface area contributed by atoms with E-state index in [1.165, 1.54) is 0 Å². The molecule has 1 aromatic carbocycles. The minimum Gasteiger partial charge on any atom is -0.361 e. The van der Waals surface area contributed by atoms with Gasteiger partial charge in [-0.1, -0.05) is 25.4 Å². The molecule has 1 amide bonds. The number of hydrogen-bond donors (Lipinski definition) is 2. The molecule has 0 aliphatic rings. The molecular formula is C18H18ClN3O. The Morgan fingerprint density at radius 1 is 1.35 bits per heavy atom. The lowest BCUT2D eigenvalue weighted by Gasteiger charge is -2.25. The van der Waals surface area contributed by atoms with E-state index in [-0.39, 0.29) is 11.3 Å². The number of nitrogens with zero attached hydrogens (tertiary/aromatic N) is 1. The number of nitrogens with one attached hydrogen (secondary N) is 2. The van der Waals surface area contributed by atoms with E-state index in [0.717, 1.165) is 16.5 Å². The van der Waals surface area contributed by atoms with Crippen LogP contribution in [0.25, 0.3) is 10.9 Å². The topological polar surface area (TPSA) is 57.8 Å². The number of hydrogen-bond acceptors (Lipinski definition) is 2. The molecule has 0 fully saturated rings. The van der Waals surface area contributed by atoms with E-state index in [4.69, 9.17) is 11.6 Å². The monoisotopic (exact) mass is 327 g/mol. The van der Waals surface area contributed by atoms with E-state index >= 15 is 0 Å². The smallest absolute Gasteiger partial charge is 0.252 e. The summed E-state index contributed by atoms with van der Waals surface area (Å²) < 4.78 is 0. The molecule has 3 aromatic rings. The lowest BCUT2D eigenvalue weighted by molar-refractivity contribution is 0.0945. The third-order valence-corrected chi connectivity index (χ3v) is 4.22. The maximum absolute atomic E-state index is 12.2. The van der Waals surface area contributed by atoms with Gasteiger partial charge in [-0.05, 0) is 35.9 Å². The van der Waals surface area contributed by atoms with Crippen LogP contribution < -0.4 is 5.32 Å². The van der Waals surface area contributed by atoms with Gasteiger partial charge in [0.1, 0.15) is 0 Å². The summed E-state index contributed by atoms with van der Waals surface area (Å²) in [7, 11) is 0. The molecule has 3 rings (SSSR count). The Labute approximate surface area is 139 Å². The van der Waals surface area contributed by atoms with Crippen molar-refractivity contribution in [3.8, 4) is 0 Å². The summed E-state index contributed by atoms with van der Waals surface area (Å²) in [6.07, 6.45) is 5.20. The molecule has 0 aliphatic carbocycles. The van der Waals surface area contributed by atoms with Crippen LogP contribution in [0.15, 0.2) is 48.9 Å². The minimum absolute atomic E-state index is 0.121. The summed E-state index contributed by atoms with van der Waals surface area (Å²) in [5, 5.41) is 4.76. The summed E-state index contributed by atoms with van der Waals surface area (Å²) >= 11 is 6.11. The molecule has 0 radical (unpaired) electrons. The highest BCUT2D eigenvalue weighted by molar-refractivity contribution is 6.31. The first-order chi connectivity index (χ1) is 11.0. The van der Waals surface area contributed by atoms with E-state index in [9.17, 15) is 4.79 Å². The van der Waals surface area contributed by atoms with Gasteiger partial charge in [0.05, 0.1) is 5.56 Å². The average Bonchev–Trinajstić information content (AvgIpc) is 2.97. The van der Waals surface area contributed by atoms with Gasteiger partial charge in [0.25, 0.3) is 5.91 Å². The largest absolute Gasteiger partial charge is 0.361 e. The molecular weight excluding hydrogens is 310 g/mol. The Morgan fingerprint density at radius 3 is 2.91 bits per heavy atom. The van der Waals surface area contributed by atoms with E-state index < -0.39 is 0 Å². The van der Waals surface area contributed by atoms with Crippen molar-refractivity contribution >= 4 is 28.4 Å². The molecule has 0 saturated carbocycles. The lowest BCUT2D eigenvalue weighted by atomic mass is 9.84. The number of H-pyrrole nitrogens is 1. The molecule has 0 spiro atoms. The number of benzene rings is 1. The van der Waals surface area contributed by atoms with Crippen LogP contribution in [0.2, 0.25) is 5.02 Å². The first-order valence-electron chi connectivity index (χ1n) is 7.43. The Balaban J connectivity index is 1.80. The van der Waals surface area contributed by atoms with Gasteiger partial charge in [-0.2, -0.15) is 0 Å². The zero-order chi connectivity index (χ0) is 16.4. The molecule has 2 aromatic heterocycles. The summed E-state index contributed by atoms with van der Waals surface area (Å²) in [6, 6.07) is 9.28. The van der Waals surface area contributed by atoms with Crippen LogP contribution in [0.4, 0.5) is 0 Å². The molecule has 5 heteroatoms. The van der Waals surface area contributed by atoms with Gasteiger partial charge in [-0.3, -0.25) is 9.78 Å². The summed E-state index contributed by atoms with van der Waals surface area (Å²) in [5.41, 5.74) is 2.49. The van der Waals surface area contributed by atoms with E-state index in [1.807, 2.05) is 24.4 Å². The maximum Gasteiger partial charge on any atom is 0.252 e. The van der Waals surface area contributed by atoms with Crippen molar-refractivity contribution in [2.75, 3.05) is 6.54 Å². The SMILES string of the molecule is CC(C)(CNC(=O)c1cccnc1)c1c[nH]c2ccc(Cl)cc12. The Bertz CT molecular complexity index is 840. The number of carbonyl (C=O) groups excluding carboxylic acids is 1. The van der Waals surface area contributed by atoms with Gasteiger partial charge >= 0.3 is 0 Å². The maximum atomic E-state index is 12.2. The molecule has 0 atom stereocenters. The predicted molar refractivity (Wildman–Crippen MR) is 92.9 cm³/mol. The quantitative estimate of drug-likeness (QED) is 0.763. The minimum atomic E-state index is -0.235. The van der Waals surface area contributed by atoms with E-state index in [1.54, 1.807) is 24.5 Å². The number of amides is 1. The fourth-order valence-corrected chi connectivity index (χ4v) is 2.82. The summed E-state index contributed by atoms with van der Waals surface area (Å²) in [4.78, 5) is 19.4. The number of aromatic amines is 1. The van der Waals surface area contributed by atoms with Crippen LogP contribution in [-0.4, -0.2) is 22.4 Å². The predicted octanol–water partition coefficient (Wildman–Crippen LogP) is 3.92. The van der Waals surface area contributed by atoms with Gasteiger partial charge in [-0.15, -0.1) is 0 Å². The van der Waals surface area contributed by atoms with E-state index in [2.05, 4.69) is 29.1 Å².